The van der Waals surface area contributed by atoms with Crippen molar-refractivity contribution in [1.82, 2.24) is 0 Å². The molecule has 0 spiro atoms. The van der Waals surface area contributed by atoms with Crippen LogP contribution in [0.15, 0.2) is 22.8 Å². The number of benzene rings is 1. The highest BCUT2D eigenvalue weighted by Crippen LogP contribution is 2.33. The first-order chi connectivity index (χ1) is 7.47. The Morgan fingerprint density at radius 3 is 2.69 bits per heavy atom. The van der Waals surface area contributed by atoms with Gasteiger partial charge in [-0.25, -0.2) is 8.78 Å². The Labute approximate surface area is 91.5 Å². The van der Waals surface area contributed by atoms with E-state index in [4.69, 9.17) is 9.52 Å². The first-order valence-electron chi connectivity index (χ1n) is 4.94. The van der Waals surface area contributed by atoms with Gasteiger partial charge in [-0.05, 0) is 6.07 Å². The van der Waals surface area contributed by atoms with Crippen LogP contribution >= 0.6 is 0 Å². The number of hydrogen-bond acceptors (Lipinski definition) is 2. The van der Waals surface area contributed by atoms with Crippen LogP contribution in [0.25, 0.3) is 11.0 Å². The third-order valence-electron chi connectivity index (χ3n) is 2.72. The molecule has 0 amide bonds. The zero-order valence-electron chi connectivity index (χ0n) is 9.05. The molecule has 0 fully saturated rings. The molecular formula is C12H12F2O2. The molecule has 2 rings (SSSR count). The SMILES string of the molecule is CC(C)(CO)c1c(F)cc2occc2c1F. The normalized spacial score (nSPS) is 12.3. The van der Waals surface area contributed by atoms with Gasteiger partial charge in [-0.1, -0.05) is 13.8 Å². The molecule has 0 unspecified atom stereocenters. The van der Waals surface area contributed by atoms with Crippen molar-refractivity contribution in [2.24, 2.45) is 0 Å². The summed E-state index contributed by atoms with van der Waals surface area (Å²) in [5.41, 5.74) is -0.893. The average molecular weight is 226 g/mol. The van der Waals surface area contributed by atoms with Crippen LogP contribution in [-0.4, -0.2) is 11.7 Å². The molecule has 0 aliphatic carbocycles. The molecule has 1 N–H and O–H groups in total. The fraction of sp³-hybridized carbons (Fsp3) is 0.333. The van der Waals surface area contributed by atoms with Crippen molar-refractivity contribution >= 4 is 11.0 Å². The molecule has 16 heavy (non-hydrogen) atoms. The van der Waals surface area contributed by atoms with Crippen LogP contribution in [0.1, 0.15) is 19.4 Å². The number of aliphatic hydroxyl groups is 1. The predicted octanol–water partition coefficient (Wildman–Crippen LogP) is 2.98. The van der Waals surface area contributed by atoms with Crippen LogP contribution in [0, 0.1) is 11.6 Å². The standard InChI is InChI=1S/C12H12F2O2/c1-12(2,6-15)10-8(13)5-9-7(11(10)14)3-4-16-9/h3-5,15H,6H2,1-2H3. The van der Waals surface area contributed by atoms with Gasteiger partial charge in [-0.3, -0.25) is 0 Å². The highest BCUT2D eigenvalue weighted by Gasteiger charge is 2.29. The summed E-state index contributed by atoms with van der Waals surface area (Å²) < 4.78 is 32.7. The lowest BCUT2D eigenvalue weighted by Crippen LogP contribution is -2.25. The van der Waals surface area contributed by atoms with Crippen molar-refractivity contribution in [3.05, 3.63) is 35.6 Å². The highest BCUT2D eigenvalue weighted by molar-refractivity contribution is 5.79. The van der Waals surface area contributed by atoms with E-state index in [2.05, 4.69) is 0 Å². The second-order valence-corrected chi connectivity index (χ2v) is 4.42. The lowest BCUT2D eigenvalue weighted by atomic mass is 9.84. The highest BCUT2D eigenvalue weighted by atomic mass is 19.1. The fourth-order valence-corrected chi connectivity index (χ4v) is 1.74. The summed E-state index contributed by atoms with van der Waals surface area (Å²) in [5.74, 6) is -1.36. The fourth-order valence-electron chi connectivity index (χ4n) is 1.74. The maximum absolute atomic E-state index is 14.0. The van der Waals surface area contributed by atoms with Gasteiger partial charge in [0.1, 0.15) is 17.2 Å². The van der Waals surface area contributed by atoms with Crippen molar-refractivity contribution < 1.29 is 18.3 Å². The topological polar surface area (TPSA) is 33.4 Å². The number of furan rings is 1. The molecule has 0 radical (unpaired) electrons. The van der Waals surface area contributed by atoms with Crippen LogP contribution < -0.4 is 0 Å². The first-order valence-corrected chi connectivity index (χ1v) is 4.94. The Balaban J connectivity index is 2.78. The Bertz CT molecular complexity index is 529. The summed E-state index contributed by atoms with van der Waals surface area (Å²) in [7, 11) is 0. The van der Waals surface area contributed by atoms with E-state index in [0.717, 1.165) is 6.07 Å². The number of hydrogen-bond donors (Lipinski definition) is 1. The van der Waals surface area contributed by atoms with E-state index >= 15 is 0 Å². The smallest absolute Gasteiger partial charge is 0.141 e. The van der Waals surface area contributed by atoms with Gasteiger partial charge >= 0.3 is 0 Å². The minimum Gasteiger partial charge on any atom is -0.464 e. The Kier molecular flexibility index (Phi) is 2.46. The van der Waals surface area contributed by atoms with Gasteiger partial charge in [-0.15, -0.1) is 0 Å². The molecule has 1 aromatic heterocycles. The zero-order chi connectivity index (χ0) is 11.9. The van der Waals surface area contributed by atoms with Gasteiger partial charge in [-0.2, -0.15) is 0 Å². The largest absolute Gasteiger partial charge is 0.464 e. The van der Waals surface area contributed by atoms with Gasteiger partial charge in [0.2, 0.25) is 0 Å². The minimum absolute atomic E-state index is 0.107. The molecule has 2 nitrogen and oxygen atoms in total. The van der Waals surface area contributed by atoms with E-state index < -0.39 is 17.0 Å². The predicted molar refractivity (Wildman–Crippen MR) is 56.2 cm³/mol. The maximum atomic E-state index is 14.0. The van der Waals surface area contributed by atoms with Crippen molar-refractivity contribution in [2.45, 2.75) is 19.3 Å². The molecule has 0 bridgehead atoms. The van der Waals surface area contributed by atoms with Gasteiger partial charge < -0.3 is 9.52 Å². The van der Waals surface area contributed by atoms with E-state index in [1.165, 1.54) is 12.3 Å². The molecule has 1 heterocycles. The summed E-state index contributed by atoms with van der Waals surface area (Å²) in [4.78, 5) is 0. The molecule has 4 heteroatoms. The summed E-state index contributed by atoms with van der Waals surface area (Å²) in [5, 5.41) is 9.40. The van der Waals surface area contributed by atoms with Crippen molar-refractivity contribution in [1.29, 1.82) is 0 Å². The number of fused-ring (bicyclic) bond motifs is 1. The summed E-state index contributed by atoms with van der Waals surface area (Å²) in [6.07, 6.45) is 1.31. The molecule has 0 saturated heterocycles. The summed E-state index contributed by atoms with van der Waals surface area (Å²) >= 11 is 0. The average Bonchev–Trinajstić information content (AvgIpc) is 2.65. The van der Waals surface area contributed by atoms with Gasteiger partial charge in [0.15, 0.2) is 0 Å². The van der Waals surface area contributed by atoms with Gasteiger partial charge in [0.25, 0.3) is 0 Å². The maximum Gasteiger partial charge on any atom is 0.141 e. The molecule has 0 aliphatic heterocycles. The quantitative estimate of drug-likeness (QED) is 0.854. The van der Waals surface area contributed by atoms with Crippen molar-refractivity contribution in [3.8, 4) is 0 Å². The van der Waals surface area contributed by atoms with E-state index in [1.54, 1.807) is 13.8 Å². The van der Waals surface area contributed by atoms with Crippen LogP contribution in [0.2, 0.25) is 0 Å². The first kappa shape index (κ1) is 11.1. The number of rotatable bonds is 2. The third-order valence-corrected chi connectivity index (χ3v) is 2.72. The third kappa shape index (κ3) is 1.50. The minimum atomic E-state index is -0.959. The summed E-state index contributed by atoms with van der Waals surface area (Å²) in [6, 6.07) is 2.59. The number of halogens is 2. The van der Waals surface area contributed by atoms with Gasteiger partial charge in [0.05, 0.1) is 18.3 Å². The van der Waals surface area contributed by atoms with Crippen LogP contribution in [-0.2, 0) is 5.41 Å². The van der Waals surface area contributed by atoms with E-state index in [0.29, 0.717) is 0 Å². The lowest BCUT2D eigenvalue weighted by Gasteiger charge is -2.23. The Morgan fingerprint density at radius 1 is 1.38 bits per heavy atom. The molecular weight excluding hydrogens is 214 g/mol. The van der Waals surface area contributed by atoms with Crippen LogP contribution in [0.5, 0.6) is 0 Å². The molecule has 0 atom stereocenters. The van der Waals surface area contributed by atoms with E-state index in [1.807, 2.05) is 0 Å². The molecule has 0 saturated carbocycles. The second-order valence-electron chi connectivity index (χ2n) is 4.42. The summed E-state index contributed by atoms with van der Waals surface area (Å²) in [6.45, 7) is 2.84. The second kappa shape index (κ2) is 3.56. The van der Waals surface area contributed by atoms with E-state index in [9.17, 15) is 8.78 Å². The van der Waals surface area contributed by atoms with Crippen LogP contribution in [0.4, 0.5) is 8.78 Å². The van der Waals surface area contributed by atoms with E-state index in [-0.39, 0.29) is 23.1 Å². The Hall–Kier alpha value is -1.42. The molecule has 1 aromatic carbocycles. The molecule has 2 aromatic rings. The number of aliphatic hydroxyl groups excluding tert-OH is 1. The zero-order valence-corrected chi connectivity index (χ0v) is 9.05. The van der Waals surface area contributed by atoms with Gasteiger partial charge in [0, 0.05) is 17.0 Å². The molecule has 0 aliphatic rings. The van der Waals surface area contributed by atoms with Crippen molar-refractivity contribution in [2.75, 3.05) is 6.61 Å². The Morgan fingerprint density at radius 2 is 2.06 bits per heavy atom. The monoisotopic (exact) mass is 226 g/mol. The van der Waals surface area contributed by atoms with Crippen molar-refractivity contribution in [3.63, 3.8) is 0 Å². The van der Waals surface area contributed by atoms with Crippen LogP contribution in [0.3, 0.4) is 0 Å². The lowest BCUT2D eigenvalue weighted by molar-refractivity contribution is 0.211. The molecule has 86 valence electrons.